The minimum absolute atomic E-state index is 0.0904. The smallest absolute Gasteiger partial charge is 0.175 e. The van der Waals surface area contributed by atoms with Crippen LogP contribution in [0.2, 0.25) is 0 Å². The quantitative estimate of drug-likeness (QED) is 0.567. The molecule has 0 aliphatic heterocycles. The van der Waals surface area contributed by atoms with Gasteiger partial charge in [-0.05, 0) is 19.1 Å². The van der Waals surface area contributed by atoms with Crippen LogP contribution in [0.3, 0.4) is 0 Å². The van der Waals surface area contributed by atoms with E-state index in [2.05, 4.69) is 15.3 Å². The van der Waals surface area contributed by atoms with Crippen LogP contribution >= 0.6 is 11.8 Å². The third-order valence-corrected chi connectivity index (χ3v) is 4.57. The van der Waals surface area contributed by atoms with Gasteiger partial charge < -0.3 is 5.32 Å². The van der Waals surface area contributed by atoms with Crippen molar-refractivity contribution in [3.8, 4) is 0 Å². The zero-order chi connectivity index (χ0) is 16.2. The predicted octanol–water partition coefficient (Wildman–Crippen LogP) is 4.04. The molecule has 0 bridgehead atoms. The topological polar surface area (TPSA) is 54.9 Å². The molecule has 4 nitrogen and oxygen atoms in total. The van der Waals surface area contributed by atoms with Gasteiger partial charge in [0, 0.05) is 12.6 Å². The summed E-state index contributed by atoms with van der Waals surface area (Å²) < 4.78 is 0. The number of ketones is 1. The van der Waals surface area contributed by atoms with Gasteiger partial charge in [-0.15, -0.1) is 0 Å². The molecule has 0 amide bonds. The molecule has 1 unspecified atom stereocenters. The Labute approximate surface area is 139 Å². The van der Waals surface area contributed by atoms with Crippen molar-refractivity contribution in [3.63, 3.8) is 0 Å². The van der Waals surface area contributed by atoms with Gasteiger partial charge in [-0.2, -0.15) is 0 Å². The number of benzene rings is 2. The number of anilines is 1. The summed E-state index contributed by atoms with van der Waals surface area (Å²) in [6.07, 6.45) is 0. The lowest BCUT2D eigenvalue weighted by Gasteiger charge is -2.13. The number of Topliss-reactive ketones (excluding diaryl/α,β-unsaturated/α-hetero) is 1. The summed E-state index contributed by atoms with van der Waals surface area (Å²) in [6.45, 7) is 1.90. The van der Waals surface area contributed by atoms with E-state index in [0.717, 1.165) is 16.1 Å². The van der Waals surface area contributed by atoms with Gasteiger partial charge in [0.05, 0.1) is 16.3 Å². The molecule has 0 radical (unpaired) electrons. The average molecular weight is 323 g/mol. The molecule has 2 aromatic carbocycles. The minimum Gasteiger partial charge on any atom is -0.371 e. The lowest BCUT2D eigenvalue weighted by molar-refractivity contribution is 0.0994. The maximum Gasteiger partial charge on any atom is 0.175 e. The van der Waals surface area contributed by atoms with Crippen LogP contribution in [-0.2, 0) is 0 Å². The van der Waals surface area contributed by atoms with E-state index in [9.17, 15) is 4.79 Å². The average Bonchev–Trinajstić information content (AvgIpc) is 2.61. The van der Waals surface area contributed by atoms with Crippen LogP contribution in [0.5, 0.6) is 0 Å². The Balaban J connectivity index is 1.89. The summed E-state index contributed by atoms with van der Waals surface area (Å²) in [7, 11) is 1.81. The van der Waals surface area contributed by atoms with Crippen LogP contribution in [0.25, 0.3) is 11.0 Å². The lowest BCUT2D eigenvalue weighted by atomic mass is 10.1. The van der Waals surface area contributed by atoms with Gasteiger partial charge in [-0.3, -0.25) is 4.79 Å². The van der Waals surface area contributed by atoms with Crippen molar-refractivity contribution < 1.29 is 4.79 Å². The van der Waals surface area contributed by atoms with Gasteiger partial charge in [-0.25, -0.2) is 9.97 Å². The highest BCUT2D eigenvalue weighted by molar-refractivity contribution is 8.00. The largest absolute Gasteiger partial charge is 0.371 e. The first-order valence-electron chi connectivity index (χ1n) is 7.39. The first kappa shape index (κ1) is 15.5. The molecule has 1 atom stereocenters. The highest BCUT2D eigenvalue weighted by Gasteiger charge is 2.19. The summed E-state index contributed by atoms with van der Waals surface area (Å²) in [5, 5.41) is 3.57. The molecule has 0 spiro atoms. The monoisotopic (exact) mass is 323 g/mol. The number of nitrogens with zero attached hydrogens (tertiary/aromatic N) is 2. The maximum atomic E-state index is 12.5. The predicted molar refractivity (Wildman–Crippen MR) is 95.2 cm³/mol. The van der Waals surface area contributed by atoms with Crippen molar-refractivity contribution >= 4 is 34.4 Å². The standard InChI is InChI=1S/C18H17N3OS/c1-12(16(22)13-8-4-3-5-9-13)23-18-17(19-2)20-14-10-6-7-11-15(14)21-18/h3-12H,1-2H3,(H,19,20). The Morgan fingerprint density at radius 3 is 2.26 bits per heavy atom. The summed E-state index contributed by atoms with van der Waals surface area (Å²) >= 11 is 1.43. The number of rotatable bonds is 5. The van der Waals surface area contributed by atoms with Crippen LogP contribution in [0.15, 0.2) is 59.6 Å². The number of fused-ring (bicyclic) bond motifs is 1. The Bertz CT molecular complexity index is 836. The molecule has 5 heteroatoms. The molecule has 1 aromatic heterocycles. The molecule has 0 aliphatic carbocycles. The van der Waals surface area contributed by atoms with Crippen LogP contribution in [0.4, 0.5) is 5.82 Å². The number of carbonyl (C=O) groups excluding carboxylic acids is 1. The fourth-order valence-corrected chi connectivity index (χ4v) is 3.28. The van der Waals surface area contributed by atoms with Crippen LogP contribution in [-0.4, -0.2) is 28.0 Å². The Hall–Kier alpha value is -2.40. The first-order chi connectivity index (χ1) is 11.2. The lowest BCUT2D eigenvalue weighted by Crippen LogP contribution is -2.14. The number of nitrogens with one attached hydrogen (secondary N) is 1. The van der Waals surface area contributed by atoms with Crippen molar-refractivity contribution in [2.75, 3.05) is 12.4 Å². The number of aromatic nitrogens is 2. The van der Waals surface area contributed by atoms with Crippen molar-refractivity contribution in [2.45, 2.75) is 17.2 Å². The van der Waals surface area contributed by atoms with Crippen molar-refractivity contribution in [3.05, 3.63) is 60.2 Å². The molecule has 3 aromatic rings. The number of hydrogen-bond acceptors (Lipinski definition) is 5. The van der Waals surface area contributed by atoms with Crippen LogP contribution in [0.1, 0.15) is 17.3 Å². The second-order valence-corrected chi connectivity index (χ2v) is 6.44. The van der Waals surface area contributed by atoms with E-state index in [1.54, 1.807) is 0 Å². The summed E-state index contributed by atoms with van der Waals surface area (Å²) in [4.78, 5) is 21.7. The second-order valence-electron chi connectivity index (χ2n) is 5.11. The normalized spacial score (nSPS) is 12.1. The molecular formula is C18H17N3OS. The van der Waals surface area contributed by atoms with E-state index in [4.69, 9.17) is 0 Å². The van der Waals surface area contributed by atoms with E-state index in [0.29, 0.717) is 11.4 Å². The first-order valence-corrected chi connectivity index (χ1v) is 8.27. The van der Waals surface area contributed by atoms with Gasteiger partial charge in [0.1, 0.15) is 5.03 Å². The number of hydrogen-bond donors (Lipinski definition) is 1. The summed E-state index contributed by atoms with van der Waals surface area (Å²) in [5.41, 5.74) is 2.38. The van der Waals surface area contributed by atoms with E-state index >= 15 is 0 Å². The van der Waals surface area contributed by atoms with Gasteiger partial charge in [0.2, 0.25) is 0 Å². The van der Waals surface area contributed by atoms with Crippen LogP contribution < -0.4 is 5.32 Å². The van der Waals surface area contributed by atoms with E-state index in [1.807, 2.05) is 68.6 Å². The van der Waals surface area contributed by atoms with Gasteiger partial charge in [0.15, 0.2) is 11.6 Å². The Morgan fingerprint density at radius 1 is 1.00 bits per heavy atom. The Kier molecular flexibility index (Phi) is 4.57. The molecular weight excluding hydrogens is 306 g/mol. The molecule has 116 valence electrons. The summed E-state index contributed by atoms with van der Waals surface area (Å²) in [5.74, 6) is 0.786. The van der Waals surface area contributed by atoms with E-state index < -0.39 is 0 Å². The number of carbonyl (C=O) groups is 1. The summed E-state index contributed by atoms with van der Waals surface area (Å²) in [6, 6.07) is 17.1. The van der Waals surface area contributed by atoms with E-state index in [-0.39, 0.29) is 11.0 Å². The van der Waals surface area contributed by atoms with Gasteiger partial charge >= 0.3 is 0 Å². The van der Waals surface area contributed by atoms with Gasteiger partial charge in [0.25, 0.3) is 0 Å². The molecule has 0 aliphatic rings. The number of thioether (sulfide) groups is 1. The molecule has 1 heterocycles. The molecule has 23 heavy (non-hydrogen) atoms. The third kappa shape index (κ3) is 3.35. The maximum absolute atomic E-state index is 12.5. The molecule has 0 fully saturated rings. The zero-order valence-electron chi connectivity index (χ0n) is 13.0. The SMILES string of the molecule is CNc1nc2ccccc2nc1SC(C)C(=O)c1ccccc1. The molecule has 0 saturated heterocycles. The second kappa shape index (κ2) is 6.79. The highest BCUT2D eigenvalue weighted by Crippen LogP contribution is 2.30. The minimum atomic E-state index is -0.236. The molecule has 3 rings (SSSR count). The third-order valence-electron chi connectivity index (χ3n) is 3.49. The van der Waals surface area contributed by atoms with Crippen LogP contribution in [0, 0.1) is 0 Å². The fourth-order valence-electron chi connectivity index (χ4n) is 2.29. The van der Waals surface area contributed by atoms with Gasteiger partial charge in [-0.1, -0.05) is 54.2 Å². The Morgan fingerprint density at radius 2 is 1.61 bits per heavy atom. The van der Waals surface area contributed by atoms with Crippen molar-refractivity contribution in [1.29, 1.82) is 0 Å². The van der Waals surface area contributed by atoms with E-state index in [1.165, 1.54) is 11.8 Å². The molecule has 0 saturated carbocycles. The van der Waals surface area contributed by atoms with Crippen molar-refractivity contribution in [2.24, 2.45) is 0 Å². The fraction of sp³-hybridized carbons (Fsp3) is 0.167. The zero-order valence-corrected chi connectivity index (χ0v) is 13.8. The molecule has 1 N–H and O–H groups in total. The van der Waals surface area contributed by atoms with Crippen molar-refractivity contribution in [1.82, 2.24) is 9.97 Å². The number of para-hydroxylation sites is 2. The highest BCUT2D eigenvalue weighted by atomic mass is 32.2.